The molecule has 27 heavy (non-hydrogen) atoms. The van der Waals surface area contributed by atoms with Crippen LogP contribution in [-0.2, 0) is 6.54 Å². The Kier molecular flexibility index (Phi) is 6.01. The van der Waals surface area contributed by atoms with Crippen molar-refractivity contribution in [3.05, 3.63) is 42.0 Å². The van der Waals surface area contributed by atoms with Crippen molar-refractivity contribution in [1.82, 2.24) is 19.4 Å². The van der Waals surface area contributed by atoms with Gasteiger partial charge < -0.3 is 24.2 Å². The second kappa shape index (κ2) is 8.43. The van der Waals surface area contributed by atoms with Gasteiger partial charge in [-0.25, -0.2) is 4.98 Å². The Morgan fingerprint density at radius 2 is 2.22 bits per heavy atom. The third-order valence-corrected chi connectivity index (χ3v) is 5.04. The molecule has 0 saturated carbocycles. The molecule has 0 spiro atoms. The monoisotopic (exact) mass is 372 g/mol. The van der Waals surface area contributed by atoms with Crippen molar-refractivity contribution in [3.8, 4) is 11.5 Å². The fourth-order valence-corrected chi connectivity index (χ4v) is 3.54. The van der Waals surface area contributed by atoms with Gasteiger partial charge in [0.15, 0.2) is 0 Å². The standard InChI is InChI=1S/C20H28N4O3/c1-22(2)11-12-23-10-8-21-19(23)15-5-4-9-24(14-15)20(26)17-7-6-16(27-3)13-18(17)25/h6-8,10,13,15,25H,4-5,9,11-12,14H2,1-3H3/t15-/m1/s1. The summed E-state index contributed by atoms with van der Waals surface area (Å²) in [4.78, 5) is 21.5. The summed E-state index contributed by atoms with van der Waals surface area (Å²) < 4.78 is 7.28. The van der Waals surface area contributed by atoms with Crippen molar-refractivity contribution in [3.63, 3.8) is 0 Å². The first-order valence-corrected chi connectivity index (χ1v) is 9.31. The fraction of sp³-hybridized carbons (Fsp3) is 0.500. The number of amides is 1. The molecule has 2 heterocycles. The van der Waals surface area contributed by atoms with Crippen LogP contribution in [0.25, 0.3) is 0 Å². The number of methoxy groups -OCH3 is 1. The van der Waals surface area contributed by atoms with Gasteiger partial charge >= 0.3 is 0 Å². The summed E-state index contributed by atoms with van der Waals surface area (Å²) in [6.07, 6.45) is 5.78. The molecule has 1 fully saturated rings. The molecule has 3 rings (SSSR count). The molecule has 0 bridgehead atoms. The summed E-state index contributed by atoms with van der Waals surface area (Å²) in [5.74, 6) is 1.58. The number of carbonyl (C=O) groups is 1. The topological polar surface area (TPSA) is 70.8 Å². The van der Waals surface area contributed by atoms with Gasteiger partial charge in [-0.2, -0.15) is 0 Å². The van der Waals surface area contributed by atoms with Crippen molar-refractivity contribution in [2.45, 2.75) is 25.3 Å². The van der Waals surface area contributed by atoms with Crippen LogP contribution in [0, 0.1) is 0 Å². The van der Waals surface area contributed by atoms with E-state index < -0.39 is 0 Å². The number of likely N-dealkylation sites (N-methyl/N-ethyl adjacent to an activating group) is 1. The minimum Gasteiger partial charge on any atom is -0.507 e. The molecule has 1 atom stereocenters. The molecule has 1 aliphatic heterocycles. The summed E-state index contributed by atoms with van der Waals surface area (Å²) in [5.41, 5.74) is 0.312. The summed E-state index contributed by atoms with van der Waals surface area (Å²) in [6.45, 7) is 3.13. The first-order chi connectivity index (χ1) is 13.0. The molecule has 1 amide bonds. The molecule has 0 unspecified atom stereocenters. The Morgan fingerprint density at radius 1 is 1.41 bits per heavy atom. The highest BCUT2D eigenvalue weighted by atomic mass is 16.5. The normalized spacial score (nSPS) is 17.3. The van der Waals surface area contributed by atoms with Gasteiger partial charge in [-0.05, 0) is 39.1 Å². The van der Waals surface area contributed by atoms with E-state index >= 15 is 0 Å². The number of rotatable bonds is 6. The van der Waals surface area contributed by atoms with E-state index in [0.717, 1.165) is 31.8 Å². The second-order valence-corrected chi connectivity index (χ2v) is 7.26. The number of likely N-dealkylation sites (tertiary alicyclic amines) is 1. The van der Waals surface area contributed by atoms with Crippen LogP contribution in [0.2, 0.25) is 0 Å². The third-order valence-electron chi connectivity index (χ3n) is 5.04. The number of phenolic OH excluding ortho intramolecular Hbond substituents is 1. The fourth-order valence-electron chi connectivity index (χ4n) is 3.54. The van der Waals surface area contributed by atoms with E-state index in [0.29, 0.717) is 24.4 Å². The van der Waals surface area contributed by atoms with Gasteiger partial charge in [-0.3, -0.25) is 4.79 Å². The third kappa shape index (κ3) is 4.42. The lowest BCUT2D eigenvalue weighted by atomic mass is 9.96. The molecule has 1 saturated heterocycles. The van der Waals surface area contributed by atoms with Crippen LogP contribution in [-0.4, -0.2) is 71.2 Å². The predicted molar refractivity (Wildman–Crippen MR) is 103 cm³/mol. The number of nitrogens with zero attached hydrogens (tertiary/aromatic N) is 4. The number of aromatic nitrogens is 2. The second-order valence-electron chi connectivity index (χ2n) is 7.26. The molecule has 1 aromatic heterocycles. The first kappa shape index (κ1) is 19.2. The van der Waals surface area contributed by atoms with Gasteiger partial charge in [0, 0.05) is 50.6 Å². The zero-order valence-electron chi connectivity index (χ0n) is 16.3. The number of aromatic hydroxyl groups is 1. The summed E-state index contributed by atoms with van der Waals surface area (Å²) in [6, 6.07) is 4.79. The van der Waals surface area contributed by atoms with Gasteiger partial charge in [-0.15, -0.1) is 0 Å². The lowest BCUT2D eigenvalue weighted by molar-refractivity contribution is 0.0700. The lowest BCUT2D eigenvalue weighted by Crippen LogP contribution is -2.40. The highest BCUT2D eigenvalue weighted by Crippen LogP contribution is 2.29. The van der Waals surface area contributed by atoms with E-state index in [4.69, 9.17) is 4.74 Å². The maximum atomic E-state index is 12.9. The molecule has 1 N–H and O–H groups in total. The molecule has 1 aromatic carbocycles. The Bertz CT molecular complexity index is 787. The van der Waals surface area contributed by atoms with Gasteiger partial charge in [0.25, 0.3) is 5.91 Å². The molecular weight excluding hydrogens is 344 g/mol. The molecular formula is C20H28N4O3. The van der Waals surface area contributed by atoms with Crippen molar-refractivity contribution < 1.29 is 14.6 Å². The van der Waals surface area contributed by atoms with Crippen LogP contribution in [0.4, 0.5) is 0 Å². The highest BCUT2D eigenvalue weighted by Gasteiger charge is 2.29. The number of benzene rings is 1. The van der Waals surface area contributed by atoms with Crippen LogP contribution in [0.15, 0.2) is 30.6 Å². The zero-order chi connectivity index (χ0) is 19.4. The van der Waals surface area contributed by atoms with E-state index in [2.05, 4.69) is 28.5 Å². The van der Waals surface area contributed by atoms with Gasteiger partial charge in [0.1, 0.15) is 17.3 Å². The van der Waals surface area contributed by atoms with Gasteiger partial charge in [0.05, 0.1) is 12.7 Å². The summed E-state index contributed by atoms with van der Waals surface area (Å²) >= 11 is 0. The SMILES string of the molecule is COc1ccc(C(=O)N2CCC[C@@H](c3nccn3CCN(C)C)C2)c(O)c1. The Balaban J connectivity index is 1.73. The van der Waals surface area contributed by atoms with E-state index in [1.165, 1.54) is 13.2 Å². The Morgan fingerprint density at radius 3 is 2.93 bits per heavy atom. The van der Waals surface area contributed by atoms with Crippen LogP contribution >= 0.6 is 0 Å². The van der Waals surface area contributed by atoms with Crippen LogP contribution in [0.5, 0.6) is 11.5 Å². The number of hydrogen-bond donors (Lipinski definition) is 1. The molecule has 2 aromatic rings. The molecule has 0 radical (unpaired) electrons. The molecule has 146 valence electrons. The average molecular weight is 372 g/mol. The van der Waals surface area contributed by atoms with E-state index in [1.54, 1.807) is 12.1 Å². The van der Waals surface area contributed by atoms with E-state index in [1.807, 2.05) is 17.3 Å². The maximum absolute atomic E-state index is 12.9. The van der Waals surface area contributed by atoms with Crippen LogP contribution in [0.1, 0.15) is 34.9 Å². The molecule has 7 heteroatoms. The Labute approximate surface area is 160 Å². The molecule has 7 nitrogen and oxygen atoms in total. The number of hydrogen-bond acceptors (Lipinski definition) is 5. The minimum absolute atomic E-state index is 0.0473. The van der Waals surface area contributed by atoms with Crippen molar-refractivity contribution in [2.75, 3.05) is 40.8 Å². The quantitative estimate of drug-likeness (QED) is 0.842. The largest absolute Gasteiger partial charge is 0.507 e. The molecule has 1 aliphatic rings. The van der Waals surface area contributed by atoms with E-state index in [-0.39, 0.29) is 17.6 Å². The summed E-state index contributed by atoms with van der Waals surface area (Å²) in [7, 11) is 5.64. The predicted octanol–water partition coefficient (Wildman–Crippen LogP) is 2.18. The van der Waals surface area contributed by atoms with Crippen molar-refractivity contribution in [2.24, 2.45) is 0 Å². The van der Waals surface area contributed by atoms with Crippen molar-refractivity contribution in [1.29, 1.82) is 0 Å². The van der Waals surface area contributed by atoms with Crippen LogP contribution < -0.4 is 4.74 Å². The minimum atomic E-state index is -0.147. The number of carbonyl (C=O) groups excluding carboxylic acids is 1. The number of phenols is 1. The number of ether oxygens (including phenoxy) is 1. The average Bonchev–Trinajstić information content (AvgIpc) is 3.14. The number of piperidine rings is 1. The van der Waals surface area contributed by atoms with Gasteiger partial charge in [-0.1, -0.05) is 0 Å². The highest BCUT2D eigenvalue weighted by molar-refractivity contribution is 5.97. The first-order valence-electron chi connectivity index (χ1n) is 9.31. The van der Waals surface area contributed by atoms with E-state index in [9.17, 15) is 9.90 Å². The van der Waals surface area contributed by atoms with Gasteiger partial charge in [0.2, 0.25) is 0 Å². The Hall–Kier alpha value is -2.54. The summed E-state index contributed by atoms with van der Waals surface area (Å²) in [5, 5.41) is 10.2. The lowest BCUT2D eigenvalue weighted by Gasteiger charge is -2.33. The maximum Gasteiger partial charge on any atom is 0.257 e. The molecule has 0 aliphatic carbocycles. The smallest absolute Gasteiger partial charge is 0.257 e. The number of imidazole rings is 1. The zero-order valence-corrected chi connectivity index (χ0v) is 16.3. The van der Waals surface area contributed by atoms with Crippen molar-refractivity contribution >= 4 is 5.91 Å². The van der Waals surface area contributed by atoms with Crippen LogP contribution in [0.3, 0.4) is 0 Å².